The Kier molecular flexibility index (Phi) is 4.14. The van der Waals surface area contributed by atoms with Gasteiger partial charge < -0.3 is 15.0 Å². The largest absolute Gasteiger partial charge is 0.369 e. The number of amides is 2. The monoisotopic (exact) mass is 343 g/mol. The summed E-state index contributed by atoms with van der Waals surface area (Å²) >= 11 is 1.65. The molecule has 1 N–H and O–H groups in total. The minimum absolute atomic E-state index is 0.0431. The molecule has 0 saturated carbocycles. The first kappa shape index (κ1) is 15.1. The van der Waals surface area contributed by atoms with Crippen LogP contribution in [-0.4, -0.2) is 45.2 Å². The number of rotatable bonds is 3. The van der Waals surface area contributed by atoms with Gasteiger partial charge in [0.15, 0.2) is 11.5 Å². The van der Waals surface area contributed by atoms with Gasteiger partial charge >= 0.3 is 6.03 Å². The van der Waals surface area contributed by atoms with Crippen molar-refractivity contribution in [1.29, 1.82) is 0 Å². The lowest BCUT2D eigenvalue weighted by atomic mass is 10.2. The number of hydrogen-bond donors (Lipinski definition) is 1. The van der Waals surface area contributed by atoms with E-state index >= 15 is 0 Å². The van der Waals surface area contributed by atoms with Gasteiger partial charge in [-0.2, -0.15) is 0 Å². The summed E-state index contributed by atoms with van der Waals surface area (Å²) < 4.78 is 7.64. The van der Waals surface area contributed by atoms with Gasteiger partial charge in [0.1, 0.15) is 6.10 Å². The molecule has 3 aromatic heterocycles. The lowest BCUT2D eigenvalue weighted by molar-refractivity contribution is -0.0136. The highest BCUT2D eigenvalue weighted by molar-refractivity contribution is 7.10. The molecule has 1 fully saturated rings. The molecule has 0 aromatic carbocycles. The van der Waals surface area contributed by atoms with Crippen LogP contribution in [0.1, 0.15) is 16.8 Å². The van der Waals surface area contributed by atoms with Gasteiger partial charge in [0, 0.05) is 17.6 Å². The summed E-state index contributed by atoms with van der Waals surface area (Å²) in [6.07, 6.45) is 1.84. The van der Waals surface area contributed by atoms with E-state index in [0.717, 1.165) is 10.5 Å². The van der Waals surface area contributed by atoms with Gasteiger partial charge in [-0.15, -0.1) is 21.5 Å². The number of carbonyl (C=O) groups excluding carboxylic acids is 1. The third-order valence-electron chi connectivity index (χ3n) is 4.00. The lowest BCUT2D eigenvalue weighted by Crippen LogP contribution is -2.47. The zero-order chi connectivity index (χ0) is 16.4. The van der Waals surface area contributed by atoms with E-state index in [0.29, 0.717) is 32.1 Å². The van der Waals surface area contributed by atoms with Gasteiger partial charge in [-0.1, -0.05) is 12.1 Å². The molecular formula is C16H17N5O2S. The van der Waals surface area contributed by atoms with Crippen LogP contribution in [0.5, 0.6) is 0 Å². The predicted octanol–water partition coefficient (Wildman–Crippen LogP) is 2.07. The second-order valence-corrected chi connectivity index (χ2v) is 6.50. The molecule has 8 heteroatoms. The van der Waals surface area contributed by atoms with Crippen LogP contribution >= 0.6 is 11.3 Å². The molecule has 124 valence electrons. The van der Waals surface area contributed by atoms with Crippen LogP contribution in [-0.2, 0) is 11.3 Å². The molecule has 7 nitrogen and oxygen atoms in total. The van der Waals surface area contributed by atoms with E-state index < -0.39 is 0 Å². The smallest absolute Gasteiger partial charge is 0.317 e. The van der Waals surface area contributed by atoms with E-state index in [2.05, 4.69) is 15.5 Å². The van der Waals surface area contributed by atoms with Crippen LogP contribution in [0.4, 0.5) is 4.79 Å². The van der Waals surface area contributed by atoms with Crippen LogP contribution in [0.3, 0.4) is 0 Å². The Hall–Kier alpha value is -2.45. The van der Waals surface area contributed by atoms with Crippen molar-refractivity contribution in [3.63, 3.8) is 0 Å². The Morgan fingerprint density at radius 2 is 2.29 bits per heavy atom. The van der Waals surface area contributed by atoms with Crippen molar-refractivity contribution in [2.24, 2.45) is 0 Å². The number of urea groups is 1. The first-order valence-corrected chi connectivity index (χ1v) is 8.65. The van der Waals surface area contributed by atoms with Crippen LogP contribution in [0.15, 0.2) is 41.9 Å². The molecule has 3 aromatic rings. The number of pyridine rings is 1. The normalized spacial score (nSPS) is 18.0. The molecule has 0 bridgehead atoms. The Bertz CT molecular complexity index is 832. The van der Waals surface area contributed by atoms with Crippen molar-refractivity contribution in [2.45, 2.75) is 12.6 Å². The second-order valence-electron chi connectivity index (χ2n) is 5.52. The minimum Gasteiger partial charge on any atom is -0.369 e. The summed E-state index contributed by atoms with van der Waals surface area (Å²) in [7, 11) is 0. The van der Waals surface area contributed by atoms with Crippen molar-refractivity contribution in [3.8, 4) is 0 Å². The third kappa shape index (κ3) is 2.98. The Labute approximate surface area is 142 Å². The number of aromatic nitrogens is 3. The van der Waals surface area contributed by atoms with Crippen LogP contribution in [0.2, 0.25) is 0 Å². The number of carbonyl (C=O) groups is 1. The van der Waals surface area contributed by atoms with E-state index in [1.165, 1.54) is 0 Å². The Balaban J connectivity index is 1.39. The van der Waals surface area contributed by atoms with Gasteiger partial charge in [-0.05, 0) is 23.6 Å². The van der Waals surface area contributed by atoms with Crippen molar-refractivity contribution in [2.75, 3.05) is 19.7 Å². The van der Waals surface area contributed by atoms with E-state index in [1.54, 1.807) is 16.2 Å². The minimum atomic E-state index is -0.104. The fraction of sp³-hybridized carbons (Fsp3) is 0.312. The number of nitrogens with zero attached hydrogens (tertiary/aromatic N) is 4. The first-order valence-electron chi connectivity index (χ1n) is 7.78. The standard InChI is InChI=1S/C16H17N5O2S/c22-16(17-10-15-19-18-14-5-1-2-6-21(14)15)20-7-8-23-12(11-20)13-4-3-9-24-13/h1-6,9,12H,7-8,10-11H2,(H,17,22)/t12-/m1/s1. The average molecular weight is 343 g/mol. The molecule has 1 aliphatic heterocycles. The van der Waals surface area contributed by atoms with Crippen LogP contribution in [0.25, 0.3) is 5.65 Å². The molecule has 0 radical (unpaired) electrons. The quantitative estimate of drug-likeness (QED) is 0.790. The maximum Gasteiger partial charge on any atom is 0.317 e. The van der Waals surface area contributed by atoms with Crippen molar-refractivity contribution in [3.05, 3.63) is 52.6 Å². The summed E-state index contributed by atoms with van der Waals surface area (Å²) in [5.74, 6) is 0.710. The third-order valence-corrected chi connectivity index (χ3v) is 4.96. The van der Waals surface area contributed by atoms with Crippen LogP contribution < -0.4 is 5.32 Å². The number of ether oxygens (including phenoxy) is 1. The molecule has 1 atom stereocenters. The number of thiophene rings is 1. The fourth-order valence-electron chi connectivity index (χ4n) is 2.76. The van der Waals surface area contributed by atoms with E-state index in [-0.39, 0.29) is 12.1 Å². The van der Waals surface area contributed by atoms with E-state index in [9.17, 15) is 4.79 Å². The maximum atomic E-state index is 12.4. The van der Waals surface area contributed by atoms with Gasteiger partial charge in [-0.25, -0.2) is 4.79 Å². The van der Waals surface area contributed by atoms with E-state index in [4.69, 9.17) is 4.74 Å². The molecule has 0 aliphatic carbocycles. The number of nitrogens with one attached hydrogen (secondary N) is 1. The van der Waals surface area contributed by atoms with Crippen molar-refractivity contribution >= 4 is 23.0 Å². The molecule has 24 heavy (non-hydrogen) atoms. The summed E-state index contributed by atoms with van der Waals surface area (Å²) in [5.41, 5.74) is 0.769. The maximum absolute atomic E-state index is 12.4. The number of hydrogen-bond acceptors (Lipinski definition) is 5. The average Bonchev–Trinajstić information content (AvgIpc) is 3.30. The highest BCUT2D eigenvalue weighted by atomic mass is 32.1. The predicted molar refractivity (Wildman–Crippen MR) is 89.8 cm³/mol. The molecule has 1 aliphatic rings. The van der Waals surface area contributed by atoms with Gasteiger partial charge in [-0.3, -0.25) is 4.40 Å². The zero-order valence-electron chi connectivity index (χ0n) is 13.0. The highest BCUT2D eigenvalue weighted by Gasteiger charge is 2.26. The first-order chi connectivity index (χ1) is 11.8. The molecule has 4 rings (SSSR count). The summed E-state index contributed by atoms with van der Waals surface area (Å²) in [6.45, 7) is 2.04. The number of morpholine rings is 1. The molecule has 0 spiro atoms. The summed E-state index contributed by atoms with van der Waals surface area (Å²) in [4.78, 5) is 15.4. The van der Waals surface area contributed by atoms with E-state index in [1.807, 2.05) is 46.3 Å². The Morgan fingerprint density at radius 1 is 1.33 bits per heavy atom. The Morgan fingerprint density at radius 3 is 3.17 bits per heavy atom. The number of fused-ring (bicyclic) bond motifs is 1. The zero-order valence-corrected chi connectivity index (χ0v) is 13.8. The molecular weight excluding hydrogens is 326 g/mol. The van der Waals surface area contributed by atoms with Gasteiger partial charge in [0.25, 0.3) is 0 Å². The molecule has 4 heterocycles. The van der Waals surface area contributed by atoms with Gasteiger partial charge in [0.2, 0.25) is 0 Å². The second kappa shape index (κ2) is 6.58. The van der Waals surface area contributed by atoms with Crippen molar-refractivity contribution in [1.82, 2.24) is 24.8 Å². The highest BCUT2D eigenvalue weighted by Crippen LogP contribution is 2.25. The summed E-state index contributed by atoms with van der Waals surface area (Å²) in [6, 6.07) is 9.64. The van der Waals surface area contributed by atoms with Gasteiger partial charge in [0.05, 0.1) is 19.7 Å². The molecule has 2 amide bonds. The topological polar surface area (TPSA) is 71.8 Å². The van der Waals surface area contributed by atoms with Crippen molar-refractivity contribution < 1.29 is 9.53 Å². The lowest BCUT2D eigenvalue weighted by Gasteiger charge is -2.32. The summed E-state index contributed by atoms with van der Waals surface area (Å²) in [5, 5.41) is 13.2. The van der Waals surface area contributed by atoms with Crippen LogP contribution in [0, 0.1) is 0 Å². The fourth-order valence-corrected chi connectivity index (χ4v) is 3.52. The molecule has 0 unspecified atom stereocenters. The SMILES string of the molecule is O=C(NCc1nnc2ccccn12)N1CCO[C@@H](c2cccs2)C1. The molecule has 1 saturated heterocycles.